The number of rotatable bonds is 7. The summed E-state index contributed by atoms with van der Waals surface area (Å²) >= 11 is 0. The maximum atomic E-state index is 13.4. The molecular formula is C30H32N6O2. The van der Waals surface area contributed by atoms with Crippen molar-refractivity contribution in [2.75, 3.05) is 5.32 Å². The van der Waals surface area contributed by atoms with Crippen LogP contribution in [-0.2, 0) is 4.79 Å². The fourth-order valence-corrected chi connectivity index (χ4v) is 4.91. The molecule has 0 bridgehead atoms. The molecule has 38 heavy (non-hydrogen) atoms. The molecule has 4 aromatic rings. The number of amides is 3. The Balaban J connectivity index is 1.44. The smallest absolute Gasteiger partial charge is 0.321 e. The molecule has 2 heterocycles. The first-order valence-electron chi connectivity index (χ1n) is 12.9. The van der Waals surface area contributed by atoms with Gasteiger partial charge in [0.1, 0.15) is 5.82 Å². The van der Waals surface area contributed by atoms with Crippen molar-refractivity contribution in [1.82, 2.24) is 25.7 Å². The van der Waals surface area contributed by atoms with Gasteiger partial charge in [-0.3, -0.25) is 15.4 Å². The first-order chi connectivity index (χ1) is 18.5. The Morgan fingerprint density at radius 3 is 2.08 bits per heavy atom. The maximum absolute atomic E-state index is 13.4. The Morgan fingerprint density at radius 1 is 0.947 bits per heavy atom. The number of carbonyl (C=O) groups excluding carboxylic acids is 2. The van der Waals surface area contributed by atoms with E-state index in [0.29, 0.717) is 11.5 Å². The number of nitrogens with zero attached hydrogens (tertiary/aromatic N) is 2. The van der Waals surface area contributed by atoms with Crippen LogP contribution in [0.3, 0.4) is 0 Å². The summed E-state index contributed by atoms with van der Waals surface area (Å²) in [7, 11) is 0. The monoisotopic (exact) mass is 508 g/mol. The fourth-order valence-electron chi connectivity index (χ4n) is 4.91. The third-order valence-corrected chi connectivity index (χ3v) is 6.91. The van der Waals surface area contributed by atoms with E-state index in [1.54, 1.807) is 4.68 Å². The second-order valence-corrected chi connectivity index (χ2v) is 9.46. The standard InChI is InChI=1S/C30H32N6O2/c1-3-24-20(2)31-29(34-28(24)37)36-26(19-25(35-36)21-13-7-4-8-14-21)32-30(38)33-27(22-15-9-5-10-16-22)23-17-11-6-12-18-23/h4-20,24,27,29,31H,3H2,1-2H3,(H,34,37)(H2,32,33,38). The lowest BCUT2D eigenvalue weighted by Gasteiger charge is -2.35. The first-order valence-corrected chi connectivity index (χ1v) is 12.9. The molecule has 3 aromatic carbocycles. The fraction of sp³-hybridized carbons (Fsp3) is 0.233. The number of urea groups is 1. The number of anilines is 1. The minimum Gasteiger partial charge on any atom is -0.327 e. The van der Waals surface area contributed by atoms with E-state index in [0.717, 1.165) is 23.1 Å². The highest BCUT2D eigenvalue weighted by Crippen LogP contribution is 2.27. The average Bonchev–Trinajstić information content (AvgIpc) is 3.36. The van der Waals surface area contributed by atoms with Crippen LogP contribution in [0, 0.1) is 5.92 Å². The van der Waals surface area contributed by atoms with Crippen molar-refractivity contribution in [3.8, 4) is 11.3 Å². The van der Waals surface area contributed by atoms with Gasteiger partial charge in [-0.2, -0.15) is 5.10 Å². The highest BCUT2D eigenvalue weighted by Gasteiger charge is 2.34. The average molecular weight is 509 g/mol. The SMILES string of the molecule is CCC1C(=O)NC(n2nc(-c3ccccc3)cc2NC(=O)NC(c2ccccc2)c2ccccc2)NC1C. The van der Waals surface area contributed by atoms with Gasteiger partial charge in [0, 0.05) is 17.7 Å². The van der Waals surface area contributed by atoms with Gasteiger partial charge < -0.3 is 10.6 Å². The molecular weight excluding hydrogens is 476 g/mol. The molecule has 5 rings (SSSR count). The van der Waals surface area contributed by atoms with Crippen LogP contribution < -0.4 is 21.3 Å². The number of hydrogen-bond donors (Lipinski definition) is 4. The molecule has 1 aliphatic rings. The van der Waals surface area contributed by atoms with Gasteiger partial charge in [0.15, 0.2) is 6.29 Å². The summed E-state index contributed by atoms with van der Waals surface area (Å²) in [5, 5.41) is 17.3. The van der Waals surface area contributed by atoms with Crippen LogP contribution in [0.2, 0.25) is 0 Å². The van der Waals surface area contributed by atoms with Gasteiger partial charge in [0.25, 0.3) is 0 Å². The van der Waals surface area contributed by atoms with Gasteiger partial charge in [-0.05, 0) is 24.5 Å². The normalized spacial score (nSPS) is 19.1. The summed E-state index contributed by atoms with van der Waals surface area (Å²) in [4.78, 5) is 26.2. The van der Waals surface area contributed by atoms with Gasteiger partial charge in [-0.1, -0.05) is 97.9 Å². The van der Waals surface area contributed by atoms with Crippen LogP contribution in [0.15, 0.2) is 97.1 Å². The molecule has 8 nitrogen and oxygen atoms in total. The lowest BCUT2D eigenvalue weighted by molar-refractivity contribution is -0.130. The highest BCUT2D eigenvalue weighted by atomic mass is 16.2. The van der Waals surface area contributed by atoms with Crippen LogP contribution in [0.1, 0.15) is 43.7 Å². The summed E-state index contributed by atoms with van der Waals surface area (Å²) in [6, 6.07) is 30.4. The second-order valence-electron chi connectivity index (χ2n) is 9.46. The Bertz CT molecular complexity index is 1330. The van der Waals surface area contributed by atoms with Crippen LogP contribution in [0.5, 0.6) is 0 Å². The molecule has 1 saturated heterocycles. The third-order valence-electron chi connectivity index (χ3n) is 6.91. The Hall–Kier alpha value is -4.43. The predicted molar refractivity (Wildman–Crippen MR) is 148 cm³/mol. The van der Waals surface area contributed by atoms with Crippen molar-refractivity contribution in [2.24, 2.45) is 5.92 Å². The minimum absolute atomic E-state index is 0.0378. The molecule has 194 valence electrons. The maximum Gasteiger partial charge on any atom is 0.321 e. The molecule has 1 aromatic heterocycles. The first kappa shape index (κ1) is 25.2. The van der Waals surface area contributed by atoms with Gasteiger partial charge in [0.05, 0.1) is 17.7 Å². The van der Waals surface area contributed by atoms with E-state index in [1.807, 2.05) is 111 Å². The summed E-state index contributed by atoms with van der Waals surface area (Å²) in [6.07, 6.45) is 0.127. The lowest BCUT2D eigenvalue weighted by atomic mass is 9.95. The molecule has 0 saturated carbocycles. The summed E-state index contributed by atoms with van der Waals surface area (Å²) < 4.78 is 1.63. The quantitative estimate of drug-likeness (QED) is 0.281. The molecule has 3 atom stereocenters. The number of hydrogen-bond acceptors (Lipinski definition) is 4. The van der Waals surface area contributed by atoms with E-state index in [4.69, 9.17) is 5.10 Å². The summed E-state index contributed by atoms with van der Waals surface area (Å²) in [5.41, 5.74) is 3.52. The third kappa shape index (κ3) is 5.45. The number of benzene rings is 3. The minimum atomic E-state index is -0.605. The Labute approximate surface area is 222 Å². The van der Waals surface area contributed by atoms with E-state index in [-0.39, 0.29) is 29.9 Å². The van der Waals surface area contributed by atoms with Crippen molar-refractivity contribution >= 4 is 17.8 Å². The van der Waals surface area contributed by atoms with E-state index >= 15 is 0 Å². The molecule has 3 unspecified atom stereocenters. The Kier molecular flexibility index (Phi) is 7.51. The van der Waals surface area contributed by atoms with Gasteiger partial charge >= 0.3 is 6.03 Å². The highest BCUT2D eigenvalue weighted by molar-refractivity contribution is 5.90. The zero-order valence-electron chi connectivity index (χ0n) is 21.5. The van der Waals surface area contributed by atoms with Crippen LogP contribution in [-0.4, -0.2) is 27.8 Å². The van der Waals surface area contributed by atoms with E-state index < -0.39 is 6.29 Å². The Morgan fingerprint density at radius 2 is 1.53 bits per heavy atom. The molecule has 1 fully saturated rings. The topological polar surface area (TPSA) is 100 Å². The van der Waals surface area contributed by atoms with Crippen LogP contribution in [0.4, 0.5) is 10.6 Å². The number of nitrogens with one attached hydrogen (secondary N) is 4. The van der Waals surface area contributed by atoms with Gasteiger partial charge in [0.2, 0.25) is 5.91 Å². The van der Waals surface area contributed by atoms with Crippen LogP contribution >= 0.6 is 0 Å². The number of carbonyl (C=O) groups is 2. The molecule has 4 N–H and O–H groups in total. The molecule has 0 spiro atoms. The molecule has 3 amide bonds. The largest absolute Gasteiger partial charge is 0.327 e. The number of aromatic nitrogens is 2. The van der Waals surface area contributed by atoms with Gasteiger partial charge in [-0.15, -0.1) is 0 Å². The zero-order valence-corrected chi connectivity index (χ0v) is 21.5. The van der Waals surface area contributed by atoms with Crippen molar-refractivity contribution in [2.45, 2.75) is 38.6 Å². The summed E-state index contributed by atoms with van der Waals surface area (Å²) in [6.45, 7) is 3.99. The molecule has 1 aliphatic heterocycles. The molecule has 0 radical (unpaired) electrons. The van der Waals surface area contributed by atoms with E-state index in [1.165, 1.54) is 0 Å². The van der Waals surface area contributed by atoms with Crippen molar-refractivity contribution in [3.63, 3.8) is 0 Å². The van der Waals surface area contributed by atoms with Crippen molar-refractivity contribution in [1.29, 1.82) is 0 Å². The van der Waals surface area contributed by atoms with Crippen LogP contribution in [0.25, 0.3) is 11.3 Å². The lowest BCUT2D eigenvalue weighted by Crippen LogP contribution is -2.57. The van der Waals surface area contributed by atoms with Crippen molar-refractivity contribution < 1.29 is 9.59 Å². The zero-order chi connectivity index (χ0) is 26.5. The van der Waals surface area contributed by atoms with Crippen molar-refractivity contribution in [3.05, 3.63) is 108 Å². The van der Waals surface area contributed by atoms with E-state index in [2.05, 4.69) is 21.3 Å². The van der Waals surface area contributed by atoms with Gasteiger partial charge in [-0.25, -0.2) is 9.48 Å². The molecule has 0 aliphatic carbocycles. The molecule has 8 heteroatoms. The summed E-state index contributed by atoms with van der Waals surface area (Å²) in [5.74, 6) is 0.290. The predicted octanol–water partition coefficient (Wildman–Crippen LogP) is 5.05. The van der Waals surface area contributed by atoms with E-state index in [9.17, 15) is 9.59 Å². The second kappa shape index (κ2) is 11.3.